The number of anilines is 1. The molecule has 3 rings (SSSR count). The van der Waals surface area contributed by atoms with Crippen LogP contribution in [0.4, 0.5) is 5.69 Å². The van der Waals surface area contributed by atoms with Crippen LogP contribution in [0.25, 0.3) is 0 Å². The molecule has 2 aliphatic rings. The van der Waals surface area contributed by atoms with Crippen LogP contribution in [0.2, 0.25) is 0 Å². The third-order valence-electron chi connectivity index (χ3n) is 4.83. The van der Waals surface area contributed by atoms with Crippen molar-refractivity contribution < 1.29 is 19.1 Å². The van der Waals surface area contributed by atoms with E-state index in [4.69, 9.17) is 9.47 Å². The summed E-state index contributed by atoms with van der Waals surface area (Å²) in [7, 11) is 0. The van der Waals surface area contributed by atoms with Crippen LogP contribution >= 0.6 is 0 Å². The van der Waals surface area contributed by atoms with Gasteiger partial charge in [-0.3, -0.25) is 9.59 Å². The summed E-state index contributed by atoms with van der Waals surface area (Å²) in [6.07, 6.45) is 6.94. The number of hydrogen-bond donors (Lipinski definition) is 1. The van der Waals surface area contributed by atoms with Crippen molar-refractivity contribution in [2.75, 3.05) is 18.5 Å². The Morgan fingerprint density at radius 1 is 1.16 bits per heavy atom. The van der Waals surface area contributed by atoms with Crippen LogP contribution in [-0.2, 0) is 19.1 Å². The Labute approximate surface area is 148 Å². The van der Waals surface area contributed by atoms with Gasteiger partial charge in [0.1, 0.15) is 6.61 Å². The Morgan fingerprint density at radius 2 is 1.88 bits per heavy atom. The number of rotatable bonds is 5. The van der Waals surface area contributed by atoms with Gasteiger partial charge in [0.25, 0.3) is 0 Å². The van der Waals surface area contributed by atoms with Crippen LogP contribution < -0.4 is 5.32 Å². The van der Waals surface area contributed by atoms with Gasteiger partial charge >= 0.3 is 5.97 Å². The van der Waals surface area contributed by atoms with E-state index in [2.05, 4.69) is 5.32 Å². The Balaban J connectivity index is 1.59. The first kappa shape index (κ1) is 17.7. The lowest BCUT2D eigenvalue weighted by molar-refractivity contribution is -0.155. The van der Waals surface area contributed by atoms with Gasteiger partial charge in [-0.05, 0) is 44.7 Å². The monoisotopic (exact) mass is 343 g/mol. The first-order chi connectivity index (χ1) is 12.1. The van der Waals surface area contributed by atoms with Gasteiger partial charge in [0.05, 0.1) is 17.9 Å². The molecule has 1 amide bonds. The number of amides is 1. The van der Waals surface area contributed by atoms with Crippen LogP contribution in [0.1, 0.15) is 31.2 Å². The van der Waals surface area contributed by atoms with E-state index in [0.717, 1.165) is 30.7 Å². The van der Waals surface area contributed by atoms with Gasteiger partial charge in [0.15, 0.2) is 0 Å². The van der Waals surface area contributed by atoms with Gasteiger partial charge in [-0.2, -0.15) is 0 Å². The zero-order valence-electron chi connectivity index (χ0n) is 14.6. The van der Waals surface area contributed by atoms with Crippen molar-refractivity contribution in [1.82, 2.24) is 0 Å². The van der Waals surface area contributed by atoms with E-state index in [0.29, 0.717) is 12.8 Å². The average Bonchev–Trinajstić information content (AvgIpc) is 3.15. The van der Waals surface area contributed by atoms with Crippen molar-refractivity contribution in [1.29, 1.82) is 0 Å². The standard InChI is InChI=1S/C20H25NO4/c1-14-8-10-15(11-9-14)21-19(22)17-6-2-3-7-18(17)20(23)25-13-16-5-4-12-24-16/h2-3,8-11,16-18H,4-7,12-13H2,1H3,(H,21,22)/t16-,17+,18-/m0/s1. The molecular formula is C20H25NO4. The average molecular weight is 343 g/mol. The first-order valence-corrected chi connectivity index (χ1v) is 8.94. The predicted molar refractivity (Wildman–Crippen MR) is 95.1 cm³/mol. The molecule has 1 aliphatic heterocycles. The van der Waals surface area contributed by atoms with Crippen LogP contribution in [0.5, 0.6) is 0 Å². The molecule has 0 saturated carbocycles. The highest BCUT2D eigenvalue weighted by atomic mass is 16.6. The number of ether oxygens (including phenoxy) is 2. The smallest absolute Gasteiger partial charge is 0.310 e. The molecule has 1 aromatic rings. The van der Waals surface area contributed by atoms with Gasteiger partial charge in [0, 0.05) is 12.3 Å². The zero-order chi connectivity index (χ0) is 17.6. The van der Waals surface area contributed by atoms with Crippen molar-refractivity contribution >= 4 is 17.6 Å². The van der Waals surface area contributed by atoms with E-state index in [-0.39, 0.29) is 24.6 Å². The number of carbonyl (C=O) groups excluding carboxylic acids is 2. The van der Waals surface area contributed by atoms with Crippen molar-refractivity contribution in [3.05, 3.63) is 42.0 Å². The van der Waals surface area contributed by atoms with E-state index in [9.17, 15) is 9.59 Å². The van der Waals surface area contributed by atoms with E-state index < -0.39 is 11.8 Å². The molecule has 1 heterocycles. The Bertz CT molecular complexity index is 632. The van der Waals surface area contributed by atoms with Gasteiger partial charge in [-0.25, -0.2) is 0 Å². The fourth-order valence-corrected chi connectivity index (χ4v) is 3.29. The number of carbonyl (C=O) groups is 2. The second kappa shape index (κ2) is 8.30. The fraction of sp³-hybridized carbons (Fsp3) is 0.500. The largest absolute Gasteiger partial charge is 0.463 e. The van der Waals surface area contributed by atoms with Crippen LogP contribution in [0, 0.1) is 18.8 Å². The van der Waals surface area contributed by atoms with E-state index in [1.54, 1.807) is 0 Å². The molecule has 1 aliphatic carbocycles. The number of esters is 1. The minimum Gasteiger partial charge on any atom is -0.463 e. The molecule has 1 aromatic carbocycles. The third kappa shape index (κ3) is 4.69. The highest BCUT2D eigenvalue weighted by Crippen LogP contribution is 2.28. The summed E-state index contributed by atoms with van der Waals surface area (Å²) in [5.74, 6) is -1.27. The SMILES string of the molecule is Cc1ccc(NC(=O)[C@@H]2CC=CC[C@@H]2C(=O)OC[C@@H]2CCCO2)cc1. The maximum Gasteiger partial charge on any atom is 0.310 e. The minimum atomic E-state index is -0.433. The van der Waals surface area contributed by atoms with Crippen LogP contribution in [0.3, 0.4) is 0 Å². The molecule has 1 N–H and O–H groups in total. The Kier molecular flexibility index (Phi) is 5.87. The molecular weight excluding hydrogens is 318 g/mol. The molecule has 5 nitrogen and oxygen atoms in total. The number of hydrogen-bond acceptors (Lipinski definition) is 4. The summed E-state index contributed by atoms with van der Waals surface area (Å²) in [5, 5.41) is 2.92. The van der Waals surface area contributed by atoms with Crippen molar-refractivity contribution in [3.63, 3.8) is 0 Å². The van der Waals surface area contributed by atoms with E-state index in [1.807, 2.05) is 43.3 Å². The van der Waals surface area contributed by atoms with Crippen molar-refractivity contribution in [2.24, 2.45) is 11.8 Å². The van der Waals surface area contributed by atoms with Crippen molar-refractivity contribution in [2.45, 2.75) is 38.7 Å². The third-order valence-corrected chi connectivity index (χ3v) is 4.83. The maximum atomic E-state index is 12.7. The lowest BCUT2D eigenvalue weighted by atomic mass is 9.82. The minimum absolute atomic E-state index is 0.00270. The first-order valence-electron chi connectivity index (χ1n) is 8.94. The van der Waals surface area contributed by atoms with Crippen LogP contribution in [-0.4, -0.2) is 31.2 Å². The highest BCUT2D eigenvalue weighted by molar-refractivity contribution is 5.95. The fourth-order valence-electron chi connectivity index (χ4n) is 3.29. The summed E-state index contributed by atoms with van der Waals surface area (Å²) in [6, 6.07) is 7.64. The topological polar surface area (TPSA) is 64.6 Å². The van der Waals surface area contributed by atoms with Gasteiger partial charge in [-0.15, -0.1) is 0 Å². The molecule has 1 fully saturated rings. The Hall–Kier alpha value is -2.14. The summed E-state index contributed by atoms with van der Waals surface area (Å²) in [5.41, 5.74) is 1.88. The molecule has 5 heteroatoms. The molecule has 3 atom stereocenters. The molecule has 0 spiro atoms. The highest BCUT2D eigenvalue weighted by Gasteiger charge is 2.35. The Morgan fingerprint density at radius 3 is 2.56 bits per heavy atom. The van der Waals surface area contributed by atoms with Gasteiger partial charge < -0.3 is 14.8 Å². The molecule has 1 saturated heterocycles. The molecule has 25 heavy (non-hydrogen) atoms. The quantitative estimate of drug-likeness (QED) is 0.658. The molecule has 0 radical (unpaired) electrons. The second-order valence-electron chi connectivity index (χ2n) is 6.78. The number of allylic oxidation sites excluding steroid dienone is 2. The molecule has 0 bridgehead atoms. The number of benzene rings is 1. The maximum absolute atomic E-state index is 12.7. The van der Waals surface area contributed by atoms with Gasteiger partial charge in [0.2, 0.25) is 5.91 Å². The second-order valence-corrected chi connectivity index (χ2v) is 6.78. The van der Waals surface area contributed by atoms with Crippen molar-refractivity contribution in [3.8, 4) is 0 Å². The zero-order valence-corrected chi connectivity index (χ0v) is 14.6. The summed E-state index contributed by atoms with van der Waals surface area (Å²) >= 11 is 0. The predicted octanol–water partition coefficient (Wildman–Crippen LogP) is 3.24. The summed E-state index contributed by atoms with van der Waals surface area (Å²) < 4.78 is 10.9. The molecule has 0 unspecified atom stereocenters. The number of aryl methyl sites for hydroxylation is 1. The van der Waals surface area contributed by atoms with Crippen LogP contribution in [0.15, 0.2) is 36.4 Å². The normalized spacial score (nSPS) is 25.6. The lowest BCUT2D eigenvalue weighted by Crippen LogP contribution is -2.36. The summed E-state index contributed by atoms with van der Waals surface area (Å²) in [6.45, 7) is 3.01. The lowest BCUT2D eigenvalue weighted by Gasteiger charge is -2.26. The molecule has 0 aromatic heterocycles. The van der Waals surface area contributed by atoms with E-state index >= 15 is 0 Å². The number of nitrogens with one attached hydrogen (secondary N) is 1. The molecule has 134 valence electrons. The van der Waals surface area contributed by atoms with E-state index in [1.165, 1.54) is 0 Å². The van der Waals surface area contributed by atoms with Gasteiger partial charge in [-0.1, -0.05) is 29.8 Å². The summed E-state index contributed by atoms with van der Waals surface area (Å²) in [4.78, 5) is 25.1.